The van der Waals surface area contributed by atoms with Crippen LogP contribution in [0.3, 0.4) is 0 Å². The number of amides is 2. The summed E-state index contributed by atoms with van der Waals surface area (Å²) in [6, 6.07) is 10.8. The van der Waals surface area contributed by atoms with Gasteiger partial charge in [-0.15, -0.1) is 0 Å². The Bertz CT molecular complexity index is 1060. The van der Waals surface area contributed by atoms with Crippen LogP contribution in [0.1, 0.15) is 36.2 Å². The second-order valence-electron chi connectivity index (χ2n) is 7.78. The van der Waals surface area contributed by atoms with E-state index in [2.05, 4.69) is 10.3 Å². The number of halogens is 1. The molecule has 4 rings (SSSR count). The Labute approximate surface area is 186 Å². The molecular weight excluding hydrogens is 416 g/mol. The maximum Gasteiger partial charge on any atom is 0.274 e. The van der Waals surface area contributed by atoms with Gasteiger partial charge < -0.3 is 19.4 Å². The predicted octanol–water partition coefficient (Wildman–Crippen LogP) is 4.27. The highest BCUT2D eigenvalue weighted by Gasteiger charge is 2.26. The average Bonchev–Trinajstić information content (AvgIpc) is 3.22. The smallest absolute Gasteiger partial charge is 0.274 e. The van der Waals surface area contributed by atoms with E-state index in [1.165, 1.54) is 0 Å². The molecule has 1 atom stereocenters. The van der Waals surface area contributed by atoms with E-state index in [9.17, 15) is 9.59 Å². The van der Waals surface area contributed by atoms with Crippen LogP contribution < -0.4 is 10.1 Å². The van der Waals surface area contributed by atoms with E-state index < -0.39 is 0 Å². The first-order chi connectivity index (χ1) is 15.0. The van der Waals surface area contributed by atoms with Crippen molar-refractivity contribution in [3.63, 3.8) is 0 Å². The first kappa shape index (κ1) is 21.2. The Morgan fingerprint density at radius 1 is 1.29 bits per heavy atom. The zero-order chi connectivity index (χ0) is 21.8. The third kappa shape index (κ3) is 4.99. The van der Waals surface area contributed by atoms with Gasteiger partial charge in [0.15, 0.2) is 0 Å². The largest absolute Gasteiger partial charge is 0.495 e. The summed E-state index contributed by atoms with van der Waals surface area (Å²) in [6.45, 7) is 1.36. The molecule has 7 nitrogen and oxygen atoms in total. The van der Waals surface area contributed by atoms with Crippen molar-refractivity contribution >= 4 is 34.7 Å². The summed E-state index contributed by atoms with van der Waals surface area (Å²) in [5, 5.41) is 3.41. The molecule has 1 aromatic carbocycles. The van der Waals surface area contributed by atoms with Crippen molar-refractivity contribution in [2.24, 2.45) is 5.92 Å². The van der Waals surface area contributed by atoms with E-state index in [-0.39, 0.29) is 17.7 Å². The lowest BCUT2D eigenvalue weighted by Crippen LogP contribution is -2.40. The van der Waals surface area contributed by atoms with Crippen molar-refractivity contribution in [2.75, 3.05) is 25.5 Å². The number of carbonyl (C=O) groups is 2. The second kappa shape index (κ2) is 9.39. The minimum absolute atomic E-state index is 0.0542. The number of methoxy groups -OCH3 is 1. The molecule has 0 unspecified atom stereocenters. The van der Waals surface area contributed by atoms with Crippen LogP contribution in [0.15, 0.2) is 48.8 Å². The molecule has 0 bridgehead atoms. The van der Waals surface area contributed by atoms with E-state index in [1.54, 1.807) is 31.5 Å². The molecule has 0 saturated carbocycles. The molecular formula is C23H25ClN4O3. The van der Waals surface area contributed by atoms with Crippen LogP contribution in [0.2, 0.25) is 5.02 Å². The minimum Gasteiger partial charge on any atom is -0.495 e. The van der Waals surface area contributed by atoms with Crippen molar-refractivity contribution in [1.29, 1.82) is 0 Å². The van der Waals surface area contributed by atoms with E-state index in [4.69, 9.17) is 16.3 Å². The molecule has 8 heteroatoms. The van der Waals surface area contributed by atoms with Crippen molar-refractivity contribution in [3.8, 4) is 5.75 Å². The molecule has 3 heterocycles. The summed E-state index contributed by atoms with van der Waals surface area (Å²) in [5.41, 5.74) is 1.78. The van der Waals surface area contributed by atoms with Gasteiger partial charge >= 0.3 is 0 Å². The third-order valence-corrected chi connectivity index (χ3v) is 5.84. The number of hydrogen-bond acceptors (Lipinski definition) is 4. The summed E-state index contributed by atoms with van der Waals surface area (Å²) < 4.78 is 7.13. The maximum atomic E-state index is 12.9. The number of piperidine rings is 1. The molecule has 1 aliphatic heterocycles. The number of pyridine rings is 1. The number of likely N-dealkylation sites (tertiary alicyclic amines) is 1. The Hall–Kier alpha value is -3.06. The van der Waals surface area contributed by atoms with Gasteiger partial charge in [0.2, 0.25) is 5.91 Å². The number of carbonyl (C=O) groups excluding carboxylic acids is 2. The summed E-state index contributed by atoms with van der Waals surface area (Å²) in [6.07, 6.45) is 6.66. The second-order valence-corrected chi connectivity index (χ2v) is 8.22. The molecule has 1 N–H and O–H groups in total. The van der Waals surface area contributed by atoms with Gasteiger partial charge in [0.1, 0.15) is 17.1 Å². The number of fused-ring (bicyclic) bond motifs is 1. The number of aromatic nitrogens is 2. The SMILES string of the molecule is COc1ccc(Cl)cc1NC(=O)CC[C@@H]1CCCN(C(=O)c2cn3ccccc3n2)C1. The number of benzene rings is 1. The topological polar surface area (TPSA) is 75.9 Å². The Balaban J connectivity index is 1.33. The molecule has 2 amide bonds. The van der Waals surface area contributed by atoms with Gasteiger partial charge in [0.25, 0.3) is 5.91 Å². The summed E-state index contributed by atoms with van der Waals surface area (Å²) in [7, 11) is 1.55. The molecule has 1 fully saturated rings. The molecule has 162 valence electrons. The Morgan fingerprint density at radius 3 is 2.97 bits per heavy atom. The zero-order valence-electron chi connectivity index (χ0n) is 17.4. The van der Waals surface area contributed by atoms with Crippen LogP contribution in [0.25, 0.3) is 5.65 Å². The van der Waals surface area contributed by atoms with Gasteiger partial charge in [-0.2, -0.15) is 0 Å². The predicted molar refractivity (Wildman–Crippen MR) is 120 cm³/mol. The van der Waals surface area contributed by atoms with Gasteiger partial charge in [-0.25, -0.2) is 4.98 Å². The number of anilines is 1. The van der Waals surface area contributed by atoms with Crippen LogP contribution in [0.4, 0.5) is 5.69 Å². The third-order valence-electron chi connectivity index (χ3n) is 5.60. The standard InChI is InChI=1S/C23H25ClN4O3/c1-31-20-9-8-17(24)13-18(20)26-22(29)10-7-16-5-4-12-28(14-16)23(30)19-15-27-11-3-2-6-21(27)25-19/h2-3,6,8-9,11,13,15-16H,4-5,7,10,12,14H2,1H3,(H,26,29)/t16-/m0/s1. The number of ether oxygens (including phenoxy) is 1. The summed E-state index contributed by atoms with van der Waals surface area (Å²) in [4.78, 5) is 31.7. The van der Waals surface area contributed by atoms with Crippen LogP contribution in [0.5, 0.6) is 5.75 Å². The van der Waals surface area contributed by atoms with Gasteiger partial charge in [0.05, 0.1) is 12.8 Å². The molecule has 1 aliphatic rings. The number of hydrogen-bond donors (Lipinski definition) is 1. The Kier molecular flexibility index (Phi) is 6.42. The number of rotatable bonds is 6. The molecule has 31 heavy (non-hydrogen) atoms. The van der Waals surface area contributed by atoms with Gasteiger partial charge in [0, 0.05) is 36.9 Å². The van der Waals surface area contributed by atoms with Crippen LogP contribution in [0, 0.1) is 5.92 Å². The first-order valence-corrected chi connectivity index (χ1v) is 10.8. The van der Waals surface area contributed by atoms with Crippen LogP contribution >= 0.6 is 11.6 Å². The highest BCUT2D eigenvalue weighted by atomic mass is 35.5. The highest BCUT2D eigenvalue weighted by Crippen LogP contribution is 2.28. The lowest BCUT2D eigenvalue weighted by molar-refractivity contribution is -0.116. The van der Waals surface area contributed by atoms with Gasteiger partial charge in [-0.05, 0) is 55.5 Å². The number of imidazole rings is 1. The molecule has 3 aromatic rings. The molecule has 0 spiro atoms. The Morgan fingerprint density at radius 2 is 2.16 bits per heavy atom. The zero-order valence-corrected chi connectivity index (χ0v) is 18.1. The lowest BCUT2D eigenvalue weighted by atomic mass is 9.93. The molecule has 0 radical (unpaired) electrons. The van der Waals surface area contributed by atoms with Crippen molar-refractivity contribution in [3.05, 3.63) is 59.5 Å². The summed E-state index contributed by atoms with van der Waals surface area (Å²) >= 11 is 6.03. The fraction of sp³-hybridized carbons (Fsp3) is 0.348. The fourth-order valence-corrected chi connectivity index (χ4v) is 4.18. The normalized spacial score (nSPS) is 16.3. The van der Waals surface area contributed by atoms with E-state index in [1.807, 2.05) is 33.7 Å². The van der Waals surface area contributed by atoms with Crippen molar-refractivity contribution in [2.45, 2.75) is 25.7 Å². The van der Waals surface area contributed by atoms with E-state index in [0.29, 0.717) is 41.5 Å². The van der Waals surface area contributed by atoms with Crippen LogP contribution in [-0.4, -0.2) is 46.3 Å². The monoisotopic (exact) mass is 440 g/mol. The number of nitrogens with one attached hydrogen (secondary N) is 1. The van der Waals surface area contributed by atoms with E-state index in [0.717, 1.165) is 25.0 Å². The lowest BCUT2D eigenvalue weighted by Gasteiger charge is -2.32. The van der Waals surface area contributed by atoms with Crippen molar-refractivity contribution in [1.82, 2.24) is 14.3 Å². The highest BCUT2D eigenvalue weighted by molar-refractivity contribution is 6.31. The van der Waals surface area contributed by atoms with E-state index >= 15 is 0 Å². The quantitative estimate of drug-likeness (QED) is 0.621. The molecule has 0 aliphatic carbocycles. The fourth-order valence-electron chi connectivity index (χ4n) is 4.01. The summed E-state index contributed by atoms with van der Waals surface area (Å²) in [5.74, 6) is 0.701. The van der Waals surface area contributed by atoms with Crippen LogP contribution in [-0.2, 0) is 4.79 Å². The maximum absolute atomic E-state index is 12.9. The number of nitrogens with zero attached hydrogens (tertiary/aromatic N) is 3. The first-order valence-electron chi connectivity index (χ1n) is 10.4. The average molecular weight is 441 g/mol. The van der Waals surface area contributed by atoms with Crippen molar-refractivity contribution < 1.29 is 14.3 Å². The van der Waals surface area contributed by atoms with Gasteiger partial charge in [-0.1, -0.05) is 17.7 Å². The molecule has 1 saturated heterocycles. The minimum atomic E-state index is -0.0932. The van der Waals surface area contributed by atoms with Gasteiger partial charge in [-0.3, -0.25) is 9.59 Å². The molecule has 2 aromatic heterocycles.